The molecule has 0 spiro atoms. The van der Waals surface area contributed by atoms with E-state index in [9.17, 15) is 0 Å². The zero-order valence-corrected chi connectivity index (χ0v) is 25.4. The van der Waals surface area contributed by atoms with Crippen LogP contribution in [0.2, 0.25) is 0 Å². The lowest BCUT2D eigenvalue weighted by atomic mass is 9.97. The van der Waals surface area contributed by atoms with Crippen molar-refractivity contribution in [1.82, 2.24) is 0 Å². The van der Waals surface area contributed by atoms with E-state index in [0.29, 0.717) is 32.3 Å². The summed E-state index contributed by atoms with van der Waals surface area (Å²) in [5, 5.41) is 0. The highest BCUT2D eigenvalue weighted by Gasteiger charge is 2.49. The van der Waals surface area contributed by atoms with Crippen molar-refractivity contribution in [2.24, 2.45) is 0 Å². The summed E-state index contributed by atoms with van der Waals surface area (Å²) in [6, 6.07) is 40.2. The van der Waals surface area contributed by atoms with Gasteiger partial charge in [-0.25, -0.2) is 0 Å². The lowest BCUT2D eigenvalue weighted by Gasteiger charge is -2.45. The van der Waals surface area contributed by atoms with Crippen molar-refractivity contribution < 1.29 is 28.4 Å². The van der Waals surface area contributed by atoms with Crippen LogP contribution in [0.5, 0.6) is 0 Å². The van der Waals surface area contributed by atoms with Crippen LogP contribution < -0.4 is 0 Å². The summed E-state index contributed by atoms with van der Waals surface area (Å²) in [4.78, 5) is 0. The van der Waals surface area contributed by atoms with Crippen molar-refractivity contribution in [3.8, 4) is 0 Å². The third-order valence-electron chi connectivity index (χ3n) is 7.24. The van der Waals surface area contributed by atoms with E-state index in [4.69, 9.17) is 40.0 Å². The van der Waals surface area contributed by atoms with Crippen LogP contribution in [0.3, 0.4) is 0 Å². The molecule has 5 atom stereocenters. The predicted molar refractivity (Wildman–Crippen MR) is 171 cm³/mol. The van der Waals surface area contributed by atoms with E-state index in [0.717, 1.165) is 22.3 Å². The van der Waals surface area contributed by atoms with E-state index >= 15 is 0 Å². The molecular formula is C37H39ClO6. The van der Waals surface area contributed by atoms with Crippen LogP contribution in [-0.4, -0.2) is 43.2 Å². The van der Waals surface area contributed by atoms with E-state index in [-0.39, 0.29) is 6.61 Å². The third-order valence-corrected chi connectivity index (χ3v) is 7.42. The average Bonchev–Trinajstić information content (AvgIpc) is 3.08. The van der Waals surface area contributed by atoms with Crippen molar-refractivity contribution in [2.75, 3.05) is 12.5 Å². The third kappa shape index (κ3) is 9.76. The molecule has 1 fully saturated rings. The van der Waals surface area contributed by atoms with Crippen molar-refractivity contribution in [3.05, 3.63) is 156 Å². The van der Waals surface area contributed by atoms with Crippen LogP contribution in [0.25, 0.3) is 0 Å². The average molecular weight is 615 g/mol. The number of alkyl halides is 1. The largest absolute Gasteiger partial charge is 0.470 e. The molecule has 230 valence electrons. The summed E-state index contributed by atoms with van der Waals surface area (Å²) in [5.74, 6) is 0.308. The SMILES string of the molecule is ClC/C=C/OC1O[C@H](COCc2ccccc2)[C@H](OCc2ccccc2)[C@H](OCc2ccccc2)[C@H]1OCc1ccccc1. The summed E-state index contributed by atoms with van der Waals surface area (Å²) < 4.78 is 38.8. The van der Waals surface area contributed by atoms with Gasteiger partial charge in [-0.3, -0.25) is 0 Å². The highest BCUT2D eigenvalue weighted by Crippen LogP contribution is 2.31. The maximum absolute atomic E-state index is 6.69. The molecule has 1 aliphatic heterocycles. The Balaban J connectivity index is 1.42. The molecular weight excluding hydrogens is 576 g/mol. The summed E-state index contributed by atoms with van der Waals surface area (Å²) in [6.07, 6.45) is 0.291. The first kappa shape index (κ1) is 31.9. The number of halogens is 1. The molecule has 44 heavy (non-hydrogen) atoms. The summed E-state index contributed by atoms with van der Waals surface area (Å²) in [6.45, 7) is 1.79. The zero-order chi connectivity index (χ0) is 30.2. The zero-order valence-electron chi connectivity index (χ0n) is 24.7. The van der Waals surface area contributed by atoms with Gasteiger partial charge in [0.25, 0.3) is 0 Å². The molecule has 0 aliphatic carbocycles. The fourth-order valence-corrected chi connectivity index (χ4v) is 5.10. The van der Waals surface area contributed by atoms with Gasteiger partial charge in [0.15, 0.2) is 0 Å². The van der Waals surface area contributed by atoms with Crippen LogP contribution >= 0.6 is 11.6 Å². The van der Waals surface area contributed by atoms with Crippen molar-refractivity contribution in [2.45, 2.75) is 57.1 Å². The Morgan fingerprint density at radius 1 is 0.545 bits per heavy atom. The second-order valence-corrected chi connectivity index (χ2v) is 10.8. The fraction of sp³-hybridized carbons (Fsp3) is 0.297. The Labute approximate surface area is 265 Å². The monoisotopic (exact) mass is 614 g/mol. The highest BCUT2D eigenvalue weighted by molar-refractivity contribution is 6.18. The maximum Gasteiger partial charge on any atom is 0.228 e. The standard InChI is InChI=1S/C37H39ClO6/c38-22-13-23-40-37-36(43-27-32-20-11-4-12-21-32)35(42-26-31-18-9-3-10-19-31)34(41-25-30-16-7-2-8-17-30)33(44-37)28-39-24-29-14-5-1-6-15-29/h1-21,23,33-37H,22,24-28H2/b23-13+/t33-,34+,35+,36-,37?/m1/s1. The Kier molecular flexibility index (Phi) is 12.9. The second-order valence-electron chi connectivity index (χ2n) is 10.5. The molecule has 0 bridgehead atoms. The number of ether oxygens (including phenoxy) is 6. The van der Waals surface area contributed by atoms with Crippen LogP contribution in [0.1, 0.15) is 22.3 Å². The Morgan fingerprint density at radius 2 is 0.977 bits per heavy atom. The maximum atomic E-state index is 6.69. The molecule has 5 rings (SSSR count). The molecule has 4 aromatic rings. The molecule has 1 unspecified atom stereocenters. The molecule has 0 amide bonds. The van der Waals surface area contributed by atoms with Crippen LogP contribution in [0, 0.1) is 0 Å². The minimum atomic E-state index is -0.791. The minimum Gasteiger partial charge on any atom is -0.470 e. The lowest BCUT2D eigenvalue weighted by molar-refractivity contribution is -0.318. The minimum absolute atomic E-state index is 0.268. The van der Waals surface area contributed by atoms with Gasteiger partial charge >= 0.3 is 0 Å². The lowest BCUT2D eigenvalue weighted by Crippen LogP contribution is -2.61. The Hall–Kier alpha value is -3.49. The number of hydrogen-bond acceptors (Lipinski definition) is 6. The van der Waals surface area contributed by atoms with E-state index in [2.05, 4.69) is 0 Å². The quantitative estimate of drug-likeness (QED) is 0.0965. The van der Waals surface area contributed by atoms with Crippen LogP contribution in [0.4, 0.5) is 0 Å². The normalized spacial score (nSPS) is 21.8. The first-order chi connectivity index (χ1) is 21.8. The van der Waals surface area contributed by atoms with E-state index in [1.807, 2.05) is 121 Å². The van der Waals surface area contributed by atoms with Crippen molar-refractivity contribution in [1.29, 1.82) is 0 Å². The van der Waals surface area contributed by atoms with E-state index in [1.54, 1.807) is 12.3 Å². The summed E-state index contributed by atoms with van der Waals surface area (Å²) in [5.41, 5.74) is 4.19. The van der Waals surface area contributed by atoms with Gasteiger partial charge in [0.1, 0.15) is 24.4 Å². The molecule has 0 radical (unpaired) electrons. The smallest absolute Gasteiger partial charge is 0.228 e. The van der Waals surface area contributed by atoms with Crippen LogP contribution in [-0.2, 0) is 54.8 Å². The molecule has 7 heteroatoms. The van der Waals surface area contributed by atoms with Gasteiger partial charge in [-0.15, -0.1) is 11.6 Å². The summed E-state index contributed by atoms with van der Waals surface area (Å²) in [7, 11) is 0. The topological polar surface area (TPSA) is 55.4 Å². The first-order valence-corrected chi connectivity index (χ1v) is 15.4. The molecule has 1 aliphatic rings. The molecule has 6 nitrogen and oxygen atoms in total. The fourth-order valence-electron chi connectivity index (χ4n) is 5.03. The van der Waals surface area contributed by atoms with Gasteiger partial charge in [0, 0.05) is 5.88 Å². The predicted octanol–water partition coefficient (Wildman–Crippen LogP) is 7.45. The second kappa shape index (κ2) is 17.7. The van der Waals surface area contributed by atoms with Gasteiger partial charge in [-0.2, -0.15) is 0 Å². The Bertz CT molecular complexity index is 1360. The van der Waals surface area contributed by atoms with Gasteiger partial charge in [0.2, 0.25) is 6.29 Å². The van der Waals surface area contributed by atoms with Crippen molar-refractivity contribution in [3.63, 3.8) is 0 Å². The van der Waals surface area contributed by atoms with E-state index < -0.39 is 30.7 Å². The number of rotatable bonds is 16. The molecule has 4 aromatic carbocycles. The first-order valence-electron chi connectivity index (χ1n) is 14.9. The van der Waals surface area contributed by atoms with Gasteiger partial charge in [-0.1, -0.05) is 121 Å². The van der Waals surface area contributed by atoms with Crippen molar-refractivity contribution >= 4 is 11.6 Å². The number of hydrogen-bond donors (Lipinski definition) is 0. The highest BCUT2D eigenvalue weighted by atomic mass is 35.5. The molecule has 1 heterocycles. The molecule has 0 N–H and O–H groups in total. The number of benzene rings is 4. The Morgan fingerprint density at radius 3 is 1.45 bits per heavy atom. The van der Waals surface area contributed by atoms with Gasteiger partial charge in [-0.05, 0) is 28.3 Å². The molecule has 1 saturated heterocycles. The van der Waals surface area contributed by atoms with Crippen LogP contribution in [0.15, 0.2) is 134 Å². The number of allylic oxidation sites excluding steroid dienone is 1. The van der Waals surface area contributed by atoms with Gasteiger partial charge in [0.05, 0.1) is 39.3 Å². The molecule has 0 saturated carbocycles. The summed E-state index contributed by atoms with van der Waals surface area (Å²) >= 11 is 5.92. The van der Waals surface area contributed by atoms with E-state index in [1.165, 1.54) is 0 Å². The van der Waals surface area contributed by atoms with Gasteiger partial charge < -0.3 is 28.4 Å². The molecule has 0 aromatic heterocycles.